The van der Waals surface area contributed by atoms with Gasteiger partial charge in [-0.15, -0.1) is 9.42 Å². The molecule has 2 fully saturated rings. The Morgan fingerprint density at radius 3 is 2.49 bits per heavy atom. The molecule has 0 bridgehead atoms. The summed E-state index contributed by atoms with van der Waals surface area (Å²) in [6.07, 6.45) is -6.72. The molecule has 45 heavy (non-hydrogen) atoms. The van der Waals surface area contributed by atoms with E-state index < -0.39 is 83.3 Å². The molecule has 2 saturated heterocycles. The van der Waals surface area contributed by atoms with Gasteiger partial charge in [0.05, 0.1) is 37.7 Å². The molecule has 242 valence electrons. The first-order valence-corrected chi connectivity index (χ1v) is 15.9. The predicted octanol–water partition coefficient (Wildman–Crippen LogP) is -2.37. The van der Waals surface area contributed by atoms with Gasteiger partial charge in [-0.3, -0.25) is 23.5 Å². The van der Waals surface area contributed by atoms with Crippen LogP contribution in [-0.4, -0.2) is 114 Å². The van der Waals surface area contributed by atoms with Crippen LogP contribution in [0, 0.1) is 0 Å². The quantitative estimate of drug-likeness (QED) is 0.0815. The van der Waals surface area contributed by atoms with Gasteiger partial charge in [-0.2, -0.15) is 9.97 Å². The van der Waals surface area contributed by atoms with Crippen molar-refractivity contribution in [3.05, 3.63) is 29.2 Å². The van der Waals surface area contributed by atoms with Crippen LogP contribution in [0.25, 0.3) is 22.3 Å². The van der Waals surface area contributed by atoms with Crippen LogP contribution >= 0.6 is 15.9 Å². The van der Waals surface area contributed by atoms with Crippen LogP contribution in [0.1, 0.15) is 18.9 Å². The van der Waals surface area contributed by atoms with Crippen LogP contribution in [-0.2, 0) is 27.7 Å². The fourth-order valence-electron chi connectivity index (χ4n) is 5.42. The van der Waals surface area contributed by atoms with Crippen molar-refractivity contribution in [2.24, 2.45) is 0 Å². The number of nitrogen functional groups attached to an aromatic ring is 2. The highest BCUT2D eigenvalue weighted by molar-refractivity contribution is 7.53. The highest BCUT2D eigenvalue weighted by Gasteiger charge is 2.56. The number of aliphatic hydroxyl groups excluding tert-OH is 3. The Bertz CT molecular complexity index is 1850. The number of hydrogen-bond acceptors (Lipinski definition) is 17. The third-order valence-corrected chi connectivity index (χ3v) is 9.66. The summed E-state index contributed by atoms with van der Waals surface area (Å²) in [5, 5.41) is 31.6. The molecule has 10 atom stereocenters. The van der Waals surface area contributed by atoms with Crippen molar-refractivity contribution in [3.63, 3.8) is 0 Å². The number of aliphatic hydroxyl groups is 3. The minimum absolute atomic E-state index is 0.108. The van der Waals surface area contributed by atoms with E-state index in [4.69, 9.17) is 30.0 Å². The number of ether oxygens (including phenoxy) is 2. The van der Waals surface area contributed by atoms with Crippen LogP contribution in [0.2, 0.25) is 0 Å². The smallest absolute Gasteiger partial charge is 0.396 e. The topological polar surface area (TPSA) is 331 Å². The van der Waals surface area contributed by atoms with Gasteiger partial charge in [0.15, 0.2) is 35.4 Å². The van der Waals surface area contributed by atoms with Gasteiger partial charge < -0.3 is 45.7 Å². The summed E-state index contributed by atoms with van der Waals surface area (Å²) >= 11 is 0. The molecular formula is C21H27N10O12P2+. The average molecular weight is 673 g/mol. The molecule has 0 amide bonds. The zero-order valence-electron chi connectivity index (χ0n) is 22.7. The van der Waals surface area contributed by atoms with Gasteiger partial charge in [-0.1, -0.05) is 0 Å². The van der Waals surface area contributed by atoms with Gasteiger partial charge in [0.25, 0.3) is 5.56 Å². The molecule has 0 spiro atoms. The highest BCUT2D eigenvalue weighted by Crippen LogP contribution is 2.58. The highest BCUT2D eigenvalue weighted by atomic mass is 31.2. The zero-order valence-corrected chi connectivity index (χ0v) is 24.5. The van der Waals surface area contributed by atoms with E-state index >= 15 is 0 Å². The van der Waals surface area contributed by atoms with E-state index in [9.17, 15) is 39.0 Å². The minimum Gasteiger partial charge on any atom is -0.396 e. The number of aromatic amines is 1. The first kappa shape index (κ1) is 31.5. The molecular weight excluding hydrogens is 646 g/mol. The molecule has 2 aliphatic rings. The van der Waals surface area contributed by atoms with Crippen LogP contribution < -0.4 is 17.0 Å². The maximum Gasteiger partial charge on any atom is 0.695 e. The molecule has 4 aromatic heterocycles. The number of nitrogens with two attached hydrogens (primary N) is 2. The Hall–Kier alpha value is -3.53. The predicted molar refractivity (Wildman–Crippen MR) is 148 cm³/mol. The zero-order chi connectivity index (χ0) is 32.2. The lowest BCUT2D eigenvalue weighted by molar-refractivity contribution is -0.0487. The number of rotatable bonds is 10. The van der Waals surface area contributed by atoms with E-state index in [1.807, 2.05) is 0 Å². The number of fused-ring (bicyclic) bond motifs is 2. The first-order valence-electron chi connectivity index (χ1n) is 13.1. The van der Waals surface area contributed by atoms with Gasteiger partial charge in [0.1, 0.15) is 23.4 Å². The monoisotopic (exact) mass is 673 g/mol. The van der Waals surface area contributed by atoms with Gasteiger partial charge in [0, 0.05) is 11.2 Å². The third-order valence-electron chi connectivity index (χ3n) is 7.41. The number of anilines is 2. The molecule has 2 unspecified atom stereocenters. The summed E-state index contributed by atoms with van der Waals surface area (Å²) in [5.74, 6) is -0.386. The number of aromatic nitrogens is 8. The lowest BCUT2D eigenvalue weighted by Crippen LogP contribution is -2.36. The van der Waals surface area contributed by atoms with E-state index in [0.29, 0.717) is 0 Å². The van der Waals surface area contributed by atoms with Crippen molar-refractivity contribution in [1.82, 2.24) is 39.0 Å². The maximum atomic E-state index is 13.8. The van der Waals surface area contributed by atoms with Crippen molar-refractivity contribution in [1.29, 1.82) is 0 Å². The fraction of sp³-hybridized carbons (Fsp3) is 0.524. The van der Waals surface area contributed by atoms with E-state index in [-0.39, 0.29) is 40.6 Å². The Labute approximate surface area is 251 Å². The van der Waals surface area contributed by atoms with E-state index in [1.165, 1.54) is 17.1 Å². The molecule has 0 aliphatic carbocycles. The van der Waals surface area contributed by atoms with Gasteiger partial charge in [0.2, 0.25) is 11.9 Å². The largest absolute Gasteiger partial charge is 0.695 e. The summed E-state index contributed by atoms with van der Waals surface area (Å²) in [6.45, 7) is -1.24. The second kappa shape index (κ2) is 12.0. The lowest BCUT2D eigenvalue weighted by atomic mass is 10.1. The molecule has 10 N–H and O–H groups in total. The summed E-state index contributed by atoms with van der Waals surface area (Å²) in [6, 6.07) is 0. The second-order valence-electron chi connectivity index (χ2n) is 10.1. The number of H-pyrrole nitrogens is 1. The normalized spacial score (nSPS) is 30.3. The fourth-order valence-corrected chi connectivity index (χ4v) is 7.53. The summed E-state index contributed by atoms with van der Waals surface area (Å²) < 4.78 is 49.9. The maximum absolute atomic E-state index is 13.8. The lowest BCUT2D eigenvalue weighted by Gasteiger charge is -2.27. The van der Waals surface area contributed by atoms with Crippen molar-refractivity contribution in [3.8, 4) is 0 Å². The van der Waals surface area contributed by atoms with E-state index in [2.05, 4.69) is 29.9 Å². The Morgan fingerprint density at radius 1 is 1.04 bits per heavy atom. The van der Waals surface area contributed by atoms with Gasteiger partial charge >= 0.3 is 15.9 Å². The molecule has 0 aromatic carbocycles. The van der Waals surface area contributed by atoms with Crippen LogP contribution in [0.5, 0.6) is 0 Å². The SMILES string of the molecule is Nc1ncc2ncn([C@@H]3O[C@H](COP(=O)(O)[C@@H]4[C@H](O)[C@@H](CCO)O[C@H]4n4cnc5c(=O)[nH]c(N)nc54)[C@@H](O[P+](=O)O)[C@H]3O)c2n1. The van der Waals surface area contributed by atoms with Crippen molar-refractivity contribution < 1.29 is 52.8 Å². The molecule has 22 nitrogen and oxygen atoms in total. The molecule has 4 aromatic rings. The standard InChI is InChI=1S/C21H26N10O12P2/c22-20-24-3-7-15(27-20)30(5-25-7)18-12(34)13(43-44(36)37)9(42-18)4-40-45(38,39)14-11(33)8(1-2-32)41-19(14)31-6-26-10-16(31)28-21(23)29-17(10)35/h3,5-6,8-9,11-14,18-19,32-34H,1-2,4H2,(H6-,22,23,24,27,28,29,35,36,37,38,39)/p+1/t8-,9-,11-,12-,13-,14-,18-,19-/m1/s1. The molecule has 24 heteroatoms. The average Bonchev–Trinajstić information content (AvgIpc) is 3.72. The number of hydrogen-bond donors (Lipinski definition) is 8. The number of nitrogens with one attached hydrogen (secondary N) is 1. The Balaban J connectivity index is 1.29. The Morgan fingerprint density at radius 2 is 1.76 bits per heavy atom. The van der Waals surface area contributed by atoms with Crippen molar-refractivity contribution in [2.75, 3.05) is 24.7 Å². The Kier molecular flexibility index (Phi) is 8.39. The molecule has 0 saturated carbocycles. The van der Waals surface area contributed by atoms with Crippen LogP contribution in [0.15, 0.2) is 23.6 Å². The number of imidazole rings is 2. The second-order valence-corrected chi connectivity index (χ2v) is 12.8. The summed E-state index contributed by atoms with van der Waals surface area (Å²) in [7, 11) is -8.26. The minimum atomic E-state index is -4.97. The third kappa shape index (κ3) is 5.70. The van der Waals surface area contributed by atoms with Crippen LogP contribution in [0.4, 0.5) is 11.9 Å². The van der Waals surface area contributed by atoms with Crippen molar-refractivity contribution >= 4 is 50.1 Å². The van der Waals surface area contributed by atoms with Gasteiger partial charge in [-0.05, 0) is 6.42 Å². The molecule has 2 aliphatic heterocycles. The van der Waals surface area contributed by atoms with Crippen molar-refractivity contribution in [2.45, 2.75) is 55.1 Å². The van der Waals surface area contributed by atoms with E-state index in [1.54, 1.807) is 0 Å². The van der Waals surface area contributed by atoms with Crippen LogP contribution in [0.3, 0.4) is 0 Å². The molecule has 0 radical (unpaired) electrons. The first-order chi connectivity index (χ1) is 21.4. The number of nitrogens with zero attached hydrogens (tertiary/aromatic N) is 7. The van der Waals surface area contributed by atoms with Gasteiger partial charge in [-0.25, -0.2) is 15.0 Å². The summed E-state index contributed by atoms with van der Waals surface area (Å²) in [5.41, 5.74) is 9.06. The molecule has 6 rings (SSSR count). The van der Waals surface area contributed by atoms with E-state index in [0.717, 1.165) is 10.9 Å². The summed E-state index contributed by atoms with van der Waals surface area (Å²) in [4.78, 5) is 55.3. The molecule has 6 heterocycles.